The average molecular weight is 500 g/mol. The van der Waals surface area contributed by atoms with Crippen molar-refractivity contribution in [3.63, 3.8) is 0 Å². The molecular weight excluding hydrogens is 466 g/mol. The molecule has 1 amide bonds. The van der Waals surface area contributed by atoms with Crippen LogP contribution in [0, 0.1) is 6.92 Å². The third kappa shape index (κ3) is 5.61. The Balaban J connectivity index is 1.80. The quantitative estimate of drug-likeness (QED) is 0.252. The van der Waals surface area contributed by atoms with Crippen LogP contribution in [0.3, 0.4) is 0 Å². The fourth-order valence-corrected chi connectivity index (χ4v) is 4.12. The van der Waals surface area contributed by atoms with Gasteiger partial charge in [-0.15, -0.1) is 0 Å². The largest absolute Gasteiger partial charge is 0.497 e. The number of para-hydroxylation sites is 3. The van der Waals surface area contributed by atoms with Crippen molar-refractivity contribution in [3.8, 4) is 28.8 Å². The number of ether oxygens (including phenoxy) is 3. The molecular formula is C30H33N3O4. The molecule has 0 saturated heterocycles. The first-order valence-corrected chi connectivity index (χ1v) is 12.4. The van der Waals surface area contributed by atoms with E-state index in [1.807, 2.05) is 84.6 Å². The second-order valence-corrected chi connectivity index (χ2v) is 8.79. The minimum atomic E-state index is -0.0802. The number of aromatic nitrogens is 2. The van der Waals surface area contributed by atoms with E-state index < -0.39 is 0 Å². The number of aryl methyl sites for hydroxylation is 1. The highest BCUT2D eigenvalue weighted by molar-refractivity contribution is 5.94. The molecule has 0 bridgehead atoms. The summed E-state index contributed by atoms with van der Waals surface area (Å²) in [6.45, 7) is 6.39. The number of rotatable bonds is 10. The number of carbonyl (C=O) groups is 1. The summed E-state index contributed by atoms with van der Waals surface area (Å²) in [5.41, 5.74) is 3.03. The number of nitrogens with zero attached hydrogens (tertiary/aromatic N) is 3. The number of hydrogen-bond donors (Lipinski definition) is 0. The van der Waals surface area contributed by atoms with Gasteiger partial charge in [0, 0.05) is 11.6 Å². The molecule has 4 aromatic rings. The summed E-state index contributed by atoms with van der Waals surface area (Å²) in [5, 5.41) is 4.82. The van der Waals surface area contributed by atoms with Gasteiger partial charge in [-0.25, -0.2) is 4.68 Å². The van der Waals surface area contributed by atoms with E-state index in [4.69, 9.17) is 19.3 Å². The lowest BCUT2D eigenvalue weighted by Crippen LogP contribution is -2.38. The van der Waals surface area contributed by atoms with Gasteiger partial charge < -0.3 is 19.1 Å². The second kappa shape index (κ2) is 11.6. The fraction of sp³-hybridized carbons (Fsp3) is 0.267. The van der Waals surface area contributed by atoms with E-state index in [0.29, 0.717) is 35.2 Å². The van der Waals surface area contributed by atoms with Crippen LogP contribution in [0.5, 0.6) is 23.1 Å². The monoisotopic (exact) mass is 499 g/mol. The van der Waals surface area contributed by atoms with E-state index in [-0.39, 0.29) is 11.9 Å². The van der Waals surface area contributed by atoms with Crippen LogP contribution in [0.2, 0.25) is 0 Å². The molecule has 1 heterocycles. The number of hydrogen-bond acceptors (Lipinski definition) is 5. The Hall–Kier alpha value is -4.26. The first-order chi connectivity index (χ1) is 18.0. The van der Waals surface area contributed by atoms with Gasteiger partial charge in [0.15, 0.2) is 11.5 Å². The van der Waals surface area contributed by atoms with Crippen molar-refractivity contribution in [2.75, 3.05) is 14.2 Å². The first-order valence-electron chi connectivity index (χ1n) is 12.4. The zero-order chi connectivity index (χ0) is 26.4. The van der Waals surface area contributed by atoms with Gasteiger partial charge >= 0.3 is 0 Å². The highest BCUT2D eigenvalue weighted by atomic mass is 16.5. The van der Waals surface area contributed by atoms with Crippen LogP contribution in [-0.4, -0.2) is 40.8 Å². The van der Waals surface area contributed by atoms with Crippen molar-refractivity contribution < 1.29 is 19.0 Å². The minimum absolute atomic E-state index is 0.0164. The Kier molecular flexibility index (Phi) is 8.13. The van der Waals surface area contributed by atoms with Crippen molar-refractivity contribution >= 4 is 5.91 Å². The van der Waals surface area contributed by atoms with Crippen LogP contribution in [0.25, 0.3) is 5.69 Å². The van der Waals surface area contributed by atoms with Crippen LogP contribution in [-0.2, 0) is 6.54 Å². The predicted molar refractivity (Wildman–Crippen MR) is 144 cm³/mol. The Labute approximate surface area is 218 Å². The van der Waals surface area contributed by atoms with Crippen molar-refractivity contribution in [3.05, 3.63) is 95.7 Å². The van der Waals surface area contributed by atoms with Crippen molar-refractivity contribution in [1.82, 2.24) is 14.7 Å². The smallest absolute Gasteiger partial charge is 0.254 e. The van der Waals surface area contributed by atoms with Gasteiger partial charge in [-0.3, -0.25) is 4.79 Å². The molecule has 0 aliphatic rings. The van der Waals surface area contributed by atoms with Crippen LogP contribution in [0.1, 0.15) is 41.9 Å². The summed E-state index contributed by atoms with van der Waals surface area (Å²) in [6, 6.07) is 24.5. The van der Waals surface area contributed by atoms with E-state index in [2.05, 4.69) is 13.8 Å². The molecule has 0 radical (unpaired) electrons. The van der Waals surface area contributed by atoms with Gasteiger partial charge in [0.05, 0.1) is 37.7 Å². The number of benzene rings is 3. The molecule has 7 nitrogen and oxygen atoms in total. The van der Waals surface area contributed by atoms with Crippen molar-refractivity contribution in [2.24, 2.45) is 0 Å². The average Bonchev–Trinajstić information content (AvgIpc) is 3.25. The number of methoxy groups -OCH3 is 2. The highest BCUT2D eigenvalue weighted by Crippen LogP contribution is 2.36. The van der Waals surface area contributed by atoms with Crippen molar-refractivity contribution in [1.29, 1.82) is 0 Å². The molecule has 1 unspecified atom stereocenters. The number of amides is 1. The van der Waals surface area contributed by atoms with Gasteiger partial charge in [-0.2, -0.15) is 5.10 Å². The van der Waals surface area contributed by atoms with Crippen LogP contribution >= 0.6 is 0 Å². The third-order valence-corrected chi connectivity index (χ3v) is 6.44. The summed E-state index contributed by atoms with van der Waals surface area (Å²) < 4.78 is 19.2. The first kappa shape index (κ1) is 25.8. The Morgan fingerprint density at radius 1 is 0.946 bits per heavy atom. The van der Waals surface area contributed by atoms with E-state index in [1.54, 1.807) is 25.0 Å². The van der Waals surface area contributed by atoms with E-state index in [9.17, 15) is 4.79 Å². The van der Waals surface area contributed by atoms with E-state index in [0.717, 1.165) is 23.4 Å². The lowest BCUT2D eigenvalue weighted by atomic mass is 10.1. The molecule has 37 heavy (non-hydrogen) atoms. The maximum absolute atomic E-state index is 13.8. The molecule has 0 N–H and O–H groups in total. The molecule has 1 atom stereocenters. The molecule has 0 spiro atoms. The summed E-state index contributed by atoms with van der Waals surface area (Å²) in [5.74, 6) is 2.28. The molecule has 1 aromatic heterocycles. The Bertz CT molecular complexity index is 1350. The maximum atomic E-state index is 13.8. The third-order valence-electron chi connectivity index (χ3n) is 6.44. The molecule has 0 aliphatic heterocycles. The predicted octanol–water partition coefficient (Wildman–Crippen LogP) is 6.43. The van der Waals surface area contributed by atoms with Crippen LogP contribution in [0.15, 0.2) is 78.9 Å². The highest BCUT2D eigenvalue weighted by Gasteiger charge is 2.27. The summed E-state index contributed by atoms with van der Waals surface area (Å²) >= 11 is 0. The van der Waals surface area contributed by atoms with Gasteiger partial charge in [0.25, 0.3) is 5.91 Å². The molecule has 0 saturated carbocycles. The van der Waals surface area contributed by atoms with Gasteiger partial charge in [0.1, 0.15) is 5.75 Å². The summed E-state index contributed by atoms with van der Waals surface area (Å²) in [6.07, 6.45) is 0.796. The van der Waals surface area contributed by atoms with E-state index >= 15 is 0 Å². The maximum Gasteiger partial charge on any atom is 0.254 e. The van der Waals surface area contributed by atoms with Gasteiger partial charge in [-0.05, 0) is 62.7 Å². The molecule has 7 heteroatoms. The normalized spacial score (nSPS) is 11.6. The van der Waals surface area contributed by atoms with Gasteiger partial charge in [-0.1, -0.05) is 43.3 Å². The van der Waals surface area contributed by atoms with Gasteiger partial charge in [0.2, 0.25) is 5.88 Å². The lowest BCUT2D eigenvalue weighted by molar-refractivity contribution is 0.0669. The summed E-state index contributed by atoms with van der Waals surface area (Å²) in [7, 11) is 3.21. The Morgan fingerprint density at radius 2 is 1.65 bits per heavy atom. The zero-order valence-electron chi connectivity index (χ0n) is 22.0. The van der Waals surface area contributed by atoms with Crippen LogP contribution < -0.4 is 14.2 Å². The van der Waals surface area contributed by atoms with E-state index in [1.165, 1.54) is 0 Å². The molecule has 3 aromatic carbocycles. The van der Waals surface area contributed by atoms with Crippen LogP contribution in [0.4, 0.5) is 0 Å². The Morgan fingerprint density at radius 3 is 2.32 bits per heavy atom. The lowest BCUT2D eigenvalue weighted by Gasteiger charge is -2.29. The SMILES string of the molecule is CCC(C)N(Cc1c(C)nn(-c2ccccc2)c1Oc1ccccc1OC)C(=O)c1cccc(OC)c1. The molecule has 4 rings (SSSR count). The zero-order valence-corrected chi connectivity index (χ0v) is 22.0. The molecule has 192 valence electrons. The molecule has 0 aliphatic carbocycles. The minimum Gasteiger partial charge on any atom is -0.497 e. The second-order valence-electron chi connectivity index (χ2n) is 8.79. The van der Waals surface area contributed by atoms with Crippen molar-refractivity contribution in [2.45, 2.75) is 39.8 Å². The summed E-state index contributed by atoms with van der Waals surface area (Å²) in [4.78, 5) is 15.6. The fourth-order valence-electron chi connectivity index (χ4n) is 4.12. The molecule has 0 fully saturated rings. The number of carbonyl (C=O) groups excluding carboxylic acids is 1. The topological polar surface area (TPSA) is 65.8 Å². The standard InChI is InChI=1S/C30H33N3O4/c1-6-21(2)32(29(34)23-13-12-16-25(19-23)35-4)20-26-22(3)31-33(24-14-8-7-9-15-24)30(26)37-28-18-11-10-17-27(28)36-5/h7-19,21H,6,20H2,1-5H3.